The number of likely N-dealkylation sites (tertiary alicyclic amines) is 1. The van der Waals surface area contributed by atoms with Crippen LogP contribution in [0.4, 0.5) is 0 Å². The molecule has 3 heterocycles. The third kappa shape index (κ3) is 2.56. The summed E-state index contributed by atoms with van der Waals surface area (Å²) >= 11 is 5.70. The minimum atomic E-state index is -0.151. The monoisotopic (exact) mass is 295 g/mol. The van der Waals surface area contributed by atoms with Crippen molar-refractivity contribution in [1.29, 1.82) is 0 Å². The van der Waals surface area contributed by atoms with Gasteiger partial charge in [-0.3, -0.25) is 4.79 Å². The average Bonchev–Trinajstić information content (AvgIpc) is 3.07. The van der Waals surface area contributed by atoms with E-state index in [0.29, 0.717) is 24.8 Å². The van der Waals surface area contributed by atoms with E-state index in [-0.39, 0.29) is 22.8 Å². The molecule has 0 bridgehead atoms. The molecule has 1 atom stereocenters. The highest BCUT2D eigenvalue weighted by atomic mass is 35.5. The van der Waals surface area contributed by atoms with Crippen molar-refractivity contribution in [2.24, 2.45) is 0 Å². The number of aryl methyl sites for hydroxylation is 1. The summed E-state index contributed by atoms with van der Waals surface area (Å²) in [7, 11) is 0. The summed E-state index contributed by atoms with van der Waals surface area (Å²) in [6.07, 6.45) is 1.85. The van der Waals surface area contributed by atoms with E-state index in [4.69, 9.17) is 20.5 Å². The molecular formula is C13H14ClN3O3. The maximum Gasteiger partial charge on any atom is 0.289 e. The quantitative estimate of drug-likeness (QED) is 0.851. The number of furan rings is 1. The summed E-state index contributed by atoms with van der Waals surface area (Å²) in [5.41, 5.74) is 0. The molecule has 0 saturated carbocycles. The molecule has 0 unspecified atom stereocenters. The van der Waals surface area contributed by atoms with Crippen LogP contribution >= 0.6 is 11.6 Å². The Labute approximate surface area is 120 Å². The Balaban J connectivity index is 1.73. The second-order valence-corrected chi connectivity index (χ2v) is 5.24. The van der Waals surface area contributed by atoms with Crippen LogP contribution < -0.4 is 0 Å². The van der Waals surface area contributed by atoms with E-state index in [1.54, 1.807) is 24.0 Å². The second-order valence-electron chi connectivity index (χ2n) is 4.87. The molecule has 0 N–H and O–H groups in total. The largest absolute Gasteiger partial charge is 0.440 e. The normalized spacial score (nSPS) is 19.3. The van der Waals surface area contributed by atoms with E-state index in [1.165, 1.54) is 0 Å². The smallest absolute Gasteiger partial charge is 0.289 e. The van der Waals surface area contributed by atoms with Crippen LogP contribution in [0.5, 0.6) is 0 Å². The zero-order valence-corrected chi connectivity index (χ0v) is 11.8. The minimum absolute atomic E-state index is 0.107. The van der Waals surface area contributed by atoms with Crippen LogP contribution in [0.15, 0.2) is 21.1 Å². The number of piperidine rings is 1. The molecule has 106 valence electrons. The van der Waals surface area contributed by atoms with Gasteiger partial charge in [0.25, 0.3) is 5.91 Å². The molecule has 0 spiro atoms. The first-order valence-electron chi connectivity index (χ1n) is 6.48. The number of amides is 1. The van der Waals surface area contributed by atoms with Gasteiger partial charge in [-0.2, -0.15) is 4.98 Å². The third-order valence-electron chi connectivity index (χ3n) is 3.40. The first-order valence-corrected chi connectivity index (χ1v) is 6.86. The van der Waals surface area contributed by atoms with Gasteiger partial charge in [0, 0.05) is 25.9 Å². The van der Waals surface area contributed by atoms with Crippen LogP contribution in [-0.4, -0.2) is 34.0 Å². The molecule has 2 aromatic heterocycles. The molecule has 1 saturated heterocycles. The number of nitrogens with zero attached hydrogens (tertiary/aromatic N) is 3. The van der Waals surface area contributed by atoms with Crippen molar-refractivity contribution >= 4 is 17.5 Å². The van der Waals surface area contributed by atoms with E-state index in [0.717, 1.165) is 12.8 Å². The number of halogens is 1. The van der Waals surface area contributed by atoms with Crippen molar-refractivity contribution in [3.05, 3.63) is 34.8 Å². The molecule has 0 radical (unpaired) electrons. The Morgan fingerprint density at radius 2 is 2.35 bits per heavy atom. The zero-order chi connectivity index (χ0) is 14.1. The molecule has 3 rings (SSSR count). The van der Waals surface area contributed by atoms with Crippen molar-refractivity contribution < 1.29 is 13.7 Å². The predicted octanol–water partition coefficient (Wildman–Crippen LogP) is 2.64. The highest BCUT2D eigenvalue weighted by molar-refractivity contribution is 6.29. The predicted molar refractivity (Wildman–Crippen MR) is 70.6 cm³/mol. The fraction of sp³-hybridized carbons (Fsp3) is 0.462. The molecule has 1 fully saturated rings. The number of aromatic nitrogens is 2. The van der Waals surface area contributed by atoms with Gasteiger partial charge in [0.1, 0.15) is 0 Å². The molecule has 1 aliphatic heterocycles. The molecule has 0 aliphatic carbocycles. The second kappa shape index (κ2) is 5.28. The van der Waals surface area contributed by atoms with E-state index in [1.807, 2.05) is 0 Å². The first kappa shape index (κ1) is 13.2. The molecule has 1 aliphatic rings. The fourth-order valence-electron chi connectivity index (χ4n) is 2.44. The Morgan fingerprint density at radius 1 is 1.50 bits per heavy atom. The summed E-state index contributed by atoms with van der Waals surface area (Å²) in [5.74, 6) is 1.43. The van der Waals surface area contributed by atoms with Crippen molar-refractivity contribution in [1.82, 2.24) is 15.0 Å². The Bertz CT molecular complexity index is 622. The molecule has 1 amide bonds. The van der Waals surface area contributed by atoms with Gasteiger partial charge < -0.3 is 13.8 Å². The number of hydrogen-bond acceptors (Lipinski definition) is 5. The number of carbonyl (C=O) groups excluding carboxylic acids is 1. The van der Waals surface area contributed by atoms with Crippen LogP contribution in [0, 0.1) is 6.92 Å². The lowest BCUT2D eigenvalue weighted by atomic mass is 9.97. The molecule has 2 aromatic rings. The van der Waals surface area contributed by atoms with Gasteiger partial charge in [-0.05, 0) is 36.6 Å². The van der Waals surface area contributed by atoms with Crippen LogP contribution in [0.3, 0.4) is 0 Å². The summed E-state index contributed by atoms with van der Waals surface area (Å²) < 4.78 is 10.2. The zero-order valence-electron chi connectivity index (χ0n) is 11.0. The molecule has 7 heteroatoms. The lowest BCUT2D eigenvalue weighted by Gasteiger charge is -2.30. The highest BCUT2D eigenvalue weighted by Gasteiger charge is 2.29. The lowest BCUT2D eigenvalue weighted by molar-refractivity contribution is 0.0671. The summed E-state index contributed by atoms with van der Waals surface area (Å²) in [6.45, 7) is 3.02. The van der Waals surface area contributed by atoms with E-state index in [9.17, 15) is 4.79 Å². The van der Waals surface area contributed by atoms with Gasteiger partial charge in [0.15, 0.2) is 16.8 Å². The first-order chi connectivity index (χ1) is 9.63. The summed E-state index contributed by atoms with van der Waals surface area (Å²) in [4.78, 5) is 18.3. The Morgan fingerprint density at radius 3 is 3.00 bits per heavy atom. The number of hydrogen-bond donors (Lipinski definition) is 0. The Hall–Kier alpha value is -1.82. The SMILES string of the molecule is Cc1nc([C@H]2CCCN(C(=O)c3ccc(Cl)o3)C2)no1. The summed E-state index contributed by atoms with van der Waals surface area (Å²) in [6, 6.07) is 3.16. The maximum atomic E-state index is 12.3. The summed E-state index contributed by atoms with van der Waals surface area (Å²) in [5, 5.41) is 4.16. The van der Waals surface area contributed by atoms with Gasteiger partial charge in [0.05, 0.1) is 0 Å². The van der Waals surface area contributed by atoms with Crippen molar-refractivity contribution in [2.75, 3.05) is 13.1 Å². The third-order valence-corrected chi connectivity index (χ3v) is 3.60. The number of rotatable bonds is 2. The minimum Gasteiger partial charge on any atom is -0.440 e. The highest BCUT2D eigenvalue weighted by Crippen LogP contribution is 2.26. The van der Waals surface area contributed by atoms with Crippen LogP contribution in [-0.2, 0) is 0 Å². The average molecular weight is 296 g/mol. The molecule has 20 heavy (non-hydrogen) atoms. The molecule has 6 nitrogen and oxygen atoms in total. The van der Waals surface area contributed by atoms with Crippen LogP contribution in [0.25, 0.3) is 0 Å². The van der Waals surface area contributed by atoms with Gasteiger partial charge in [0.2, 0.25) is 5.89 Å². The van der Waals surface area contributed by atoms with Gasteiger partial charge in [-0.1, -0.05) is 5.16 Å². The van der Waals surface area contributed by atoms with Crippen molar-refractivity contribution in [3.63, 3.8) is 0 Å². The number of carbonyl (C=O) groups is 1. The lowest BCUT2D eigenvalue weighted by Crippen LogP contribution is -2.39. The van der Waals surface area contributed by atoms with Crippen molar-refractivity contribution in [3.8, 4) is 0 Å². The van der Waals surface area contributed by atoms with E-state index < -0.39 is 0 Å². The maximum absolute atomic E-state index is 12.3. The van der Waals surface area contributed by atoms with Crippen molar-refractivity contribution in [2.45, 2.75) is 25.7 Å². The molecular weight excluding hydrogens is 282 g/mol. The standard InChI is InChI=1S/C13H14ClN3O3/c1-8-15-12(16-20-8)9-3-2-6-17(7-9)13(18)10-4-5-11(14)19-10/h4-5,9H,2-3,6-7H2,1H3/t9-/m0/s1. The Kier molecular flexibility index (Phi) is 3.48. The van der Waals surface area contributed by atoms with Gasteiger partial charge in [-0.15, -0.1) is 0 Å². The van der Waals surface area contributed by atoms with Gasteiger partial charge >= 0.3 is 0 Å². The topological polar surface area (TPSA) is 72.4 Å². The van der Waals surface area contributed by atoms with E-state index >= 15 is 0 Å². The van der Waals surface area contributed by atoms with Crippen LogP contribution in [0.2, 0.25) is 5.22 Å². The fourth-order valence-corrected chi connectivity index (χ4v) is 2.58. The molecule has 0 aromatic carbocycles. The van der Waals surface area contributed by atoms with Crippen LogP contribution in [0.1, 0.15) is 41.0 Å². The van der Waals surface area contributed by atoms with Gasteiger partial charge in [-0.25, -0.2) is 0 Å². The van der Waals surface area contributed by atoms with E-state index in [2.05, 4.69) is 10.1 Å².